The lowest BCUT2D eigenvalue weighted by Crippen LogP contribution is -1.88. The Bertz CT molecular complexity index is 951. The average molecular weight is 286 g/mol. The normalized spacial score (nSPS) is 11.0. The summed E-state index contributed by atoms with van der Waals surface area (Å²) in [5.74, 6) is 0. The van der Waals surface area contributed by atoms with Gasteiger partial charge in [0.1, 0.15) is 11.4 Å². The summed E-state index contributed by atoms with van der Waals surface area (Å²) in [6.07, 6.45) is 1.81. The van der Waals surface area contributed by atoms with Gasteiger partial charge in [0.15, 0.2) is 0 Å². The topological polar surface area (TPSA) is 54.5 Å². The second-order valence-corrected chi connectivity index (χ2v) is 5.27. The van der Waals surface area contributed by atoms with E-state index in [-0.39, 0.29) is 0 Å². The fraction of sp³-hybridized carbons (Fsp3) is 0.0556. The van der Waals surface area contributed by atoms with Crippen molar-refractivity contribution in [3.05, 3.63) is 66.4 Å². The highest BCUT2D eigenvalue weighted by atomic mass is 15.3. The van der Waals surface area contributed by atoms with Crippen LogP contribution < -0.4 is 0 Å². The summed E-state index contributed by atoms with van der Waals surface area (Å²) in [5, 5.41) is 12.6. The lowest BCUT2D eigenvalue weighted by Gasteiger charge is -2.05. The van der Waals surface area contributed by atoms with Crippen LogP contribution in [0.2, 0.25) is 0 Å². The van der Waals surface area contributed by atoms with Gasteiger partial charge in [-0.25, -0.2) is 0 Å². The van der Waals surface area contributed by atoms with Crippen molar-refractivity contribution in [3.8, 4) is 22.5 Å². The number of nitrogens with zero attached hydrogens (tertiary/aromatic N) is 3. The third-order valence-corrected chi connectivity index (χ3v) is 3.74. The predicted octanol–water partition coefficient (Wildman–Crippen LogP) is 4.00. The lowest BCUT2D eigenvalue weighted by atomic mass is 10.0. The van der Waals surface area contributed by atoms with Crippen LogP contribution in [0.15, 0.2) is 60.8 Å². The molecule has 0 saturated carbocycles. The smallest absolute Gasteiger partial charge is 0.121 e. The van der Waals surface area contributed by atoms with Crippen LogP contribution in [0.5, 0.6) is 0 Å². The van der Waals surface area contributed by atoms with Gasteiger partial charge in [0.25, 0.3) is 0 Å². The Labute approximate surface area is 127 Å². The van der Waals surface area contributed by atoms with E-state index in [1.807, 2.05) is 36.5 Å². The average Bonchev–Trinajstić information content (AvgIpc) is 3.04. The number of aromatic amines is 1. The first-order valence-corrected chi connectivity index (χ1v) is 7.15. The van der Waals surface area contributed by atoms with Crippen molar-refractivity contribution < 1.29 is 0 Å². The molecule has 2 heterocycles. The zero-order valence-electron chi connectivity index (χ0n) is 12.1. The molecule has 4 nitrogen and oxygen atoms in total. The molecule has 4 rings (SSSR count). The minimum atomic E-state index is 0.851. The van der Waals surface area contributed by atoms with E-state index in [4.69, 9.17) is 0 Å². The van der Waals surface area contributed by atoms with Crippen LogP contribution in [-0.4, -0.2) is 20.4 Å². The molecule has 0 amide bonds. The molecule has 0 saturated heterocycles. The van der Waals surface area contributed by atoms with Gasteiger partial charge in [0, 0.05) is 22.7 Å². The molecule has 0 unspecified atom stereocenters. The molecule has 2 aromatic carbocycles. The molecule has 1 N–H and O–H groups in total. The molecule has 106 valence electrons. The molecule has 0 aliphatic rings. The molecular formula is C18H14N4. The molecule has 0 fully saturated rings. The highest BCUT2D eigenvalue weighted by Crippen LogP contribution is 2.32. The largest absolute Gasteiger partial charge is 0.256 e. The summed E-state index contributed by atoms with van der Waals surface area (Å²) in [6, 6.07) is 18.3. The fourth-order valence-electron chi connectivity index (χ4n) is 2.71. The Morgan fingerprint density at radius 2 is 1.73 bits per heavy atom. The van der Waals surface area contributed by atoms with E-state index in [1.165, 1.54) is 5.56 Å². The van der Waals surface area contributed by atoms with E-state index in [9.17, 15) is 0 Å². The van der Waals surface area contributed by atoms with Crippen LogP contribution in [0.3, 0.4) is 0 Å². The summed E-state index contributed by atoms with van der Waals surface area (Å²) >= 11 is 0. The highest BCUT2D eigenvalue weighted by Gasteiger charge is 2.15. The molecule has 4 aromatic rings. The van der Waals surface area contributed by atoms with Crippen molar-refractivity contribution in [3.63, 3.8) is 0 Å². The van der Waals surface area contributed by atoms with Gasteiger partial charge in [-0.05, 0) is 25.1 Å². The highest BCUT2D eigenvalue weighted by molar-refractivity contribution is 5.96. The van der Waals surface area contributed by atoms with Crippen LogP contribution in [0.1, 0.15) is 5.56 Å². The molecule has 4 heteroatoms. The Morgan fingerprint density at radius 1 is 0.864 bits per heavy atom. The number of rotatable bonds is 2. The van der Waals surface area contributed by atoms with Crippen molar-refractivity contribution in [1.29, 1.82) is 0 Å². The van der Waals surface area contributed by atoms with Gasteiger partial charge in [0.2, 0.25) is 0 Å². The first-order valence-electron chi connectivity index (χ1n) is 7.15. The van der Waals surface area contributed by atoms with Crippen molar-refractivity contribution in [1.82, 2.24) is 20.4 Å². The minimum absolute atomic E-state index is 0.851. The van der Waals surface area contributed by atoms with Gasteiger partial charge in [-0.15, -0.1) is 0 Å². The predicted molar refractivity (Wildman–Crippen MR) is 87.3 cm³/mol. The first kappa shape index (κ1) is 12.7. The number of aryl methyl sites for hydroxylation is 1. The molecule has 2 aromatic heterocycles. The maximum atomic E-state index is 4.41. The monoisotopic (exact) mass is 286 g/mol. The number of hydrogen-bond donors (Lipinski definition) is 1. The van der Waals surface area contributed by atoms with E-state index >= 15 is 0 Å². The van der Waals surface area contributed by atoms with Crippen LogP contribution in [-0.2, 0) is 0 Å². The SMILES string of the molecule is Cc1cccc(-c2n[nH]nc2-c2ccnc3ccccc23)c1. The summed E-state index contributed by atoms with van der Waals surface area (Å²) in [6.45, 7) is 2.07. The van der Waals surface area contributed by atoms with Gasteiger partial charge in [-0.2, -0.15) is 15.4 Å². The van der Waals surface area contributed by atoms with Gasteiger partial charge in [-0.3, -0.25) is 4.98 Å². The standard InChI is InChI=1S/C18H14N4/c1-12-5-4-6-13(11-12)17-18(21-22-20-17)15-9-10-19-16-8-3-2-7-14(15)16/h2-11H,1H3,(H,20,21,22). The van der Waals surface area contributed by atoms with Crippen molar-refractivity contribution in [2.24, 2.45) is 0 Å². The van der Waals surface area contributed by atoms with E-state index < -0.39 is 0 Å². The third kappa shape index (κ3) is 2.05. The van der Waals surface area contributed by atoms with Crippen LogP contribution >= 0.6 is 0 Å². The number of para-hydroxylation sites is 1. The molecule has 0 aliphatic carbocycles. The molecule has 0 spiro atoms. The van der Waals surface area contributed by atoms with Crippen molar-refractivity contribution in [2.75, 3.05) is 0 Å². The third-order valence-electron chi connectivity index (χ3n) is 3.74. The molecular weight excluding hydrogens is 272 g/mol. The molecule has 22 heavy (non-hydrogen) atoms. The number of hydrogen-bond acceptors (Lipinski definition) is 3. The fourth-order valence-corrected chi connectivity index (χ4v) is 2.71. The molecule has 0 bridgehead atoms. The first-order chi connectivity index (χ1) is 10.8. The summed E-state index contributed by atoms with van der Waals surface area (Å²) in [7, 11) is 0. The van der Waals surface area contributed by atoms with Gasteiger partial charge >= 0.3 is 0 Å². The van der Waals surface area contributed by atoms with Gasteiger partial charge < -0.3 is 0 Å². The Morgan fingerprint density at radius 3 is 2.64 bits per heavy atom. The maximum Gasteiger partial charge on any atom is 0.121 e. The number of pyridine rings is 1. The number of aromatic nitrogens is 4. The maximum absolute atomic E-state index is 4.41. The quantitative estimate of drug-likeness (QED) is 0.606. The molecule has 0 radical (unpaired) electrons. The zero-order valence-corrected chi connectivity index (χ0v) is 12.1. The number of fused-ring (bicyclic) bond motifs is 1. The Balaban J connectivity index is 1.96. The number of H-pyrrole nitrogens is 1. The summed E-state index contributed by atoms with van der Waals surface area (Å²) < 4.78 is 0. The van der Waals surface area contributed by atoms with Crippen LogP contribution in [0.4, 0.5) is 0 Å². The van der Waals surface area contributed by atoms with Crippen LogP contribution in [0.25, 0.3) is 33.4 Å². The van der Waals surface area contributed by atoms with E-state index in [0.717, 1.165) is 33.4 Å². The second-order valence-electron chi connectivity index (χ2n) is 5.27. The van der Waals surface area contributed by atoms with E-state index in [0.29, 0.717) is 0 Å². The molecule has 0 aliphatic heterocycles. The molecule has 0 atom stereocenters. The summed E-state index contributed by atoms with van der Waals surface area (Å²) in [4.78, 5) is 4.41. The van der Waals surface area contributed by atoms with Crippen molar-refractivity contribution >= 4 is 10.9 Å². The lowest BCUT2D eigenvalue weighted by molar-refractivity contribution is 0.944. The zero-order chi connectivity index (χ0) is 14.9. The van der Waals surface area contributed by atoms with Gasteiger partial charge in [-0.1, -0.05) is 42.0 Å². The summed E-state index contributed by atoms with van der Waals surface area (Å²) in [5.41, 5.74) is 5.97. The van der Waals surface area contributed by atoms with E-state index in [1.54, 1.807) is 0 Å². The van der Waals surface area contributed by atoms with Gasteiger partial charge in [0.05, 0.1) is 5.52 Å². The number of benzene rings is 2. The minimum Gasteiger partial charge on any atom is -0.256 e. The Hall–Kier alpha value is -3.01. The van der Waals surface area contributed by atoms with E-state index in [2.05, 4.69) is 51.6 Å². The number of nitrogens with one attached hydrogen (secondary N) is 1. The van der Waals surface area contributed by atoms with Crippen LogP contribution in [0, 0.1) is 6.92 Å². The van der Waals surface area contributed by atoms with Crippen molar-refractivity contribution in [2.45, 2.75) is 6.92 Å². The Kier molecular flexibility index (Phi) is 2.93. The second kappa shape index (κ2) is 5.07.